The lowest BCUT2D eigenvalue weighted by atomic mass is 9.88. The van der Waals surface area contributed by atoms with E-state index in [0.29, 0.717) is 56.2 Å². The number of benzene rings is 2. The predicted molar refractivity (Wildman–Crippen MR) is 118 cm³/mol. The molecule has 0 aromatic heterocycles. The van der Waals surface area contributed by atoms with Gasteiger partial charge in [-0.15, -0.1) is 0 Å². The quantitative estimate of drug-likeness (QED) is 0.541. The van der Waals surface area contributed by atoms with Crippen molar-refractivity contribution in [3.8, 4) is 17.2 Å². The van der Waals surface area contributed by atoms with Gasteiger partial charge >= 0.3 is 0 Å². The number of methoxy groups -OCH3 is 1. The summed E-state index contributed by atoms with van der Waals surface area (Å²) >= 11 is 0. The molecule has 1 amide bonds. The van der Waals surface area contributed by atoms with Gasteiger partial charge in [-0.05, 0) is 56.2 Å². The summed E-state index contributed by atoms with van der Waals surface area (Å²) in [5, 5.41) is 0. The van der Waals surface area contributed by atoms with E-state index in [0.717, 1.165) is 16.9 Å². The molecule has 0 atom stereocenters. The van der Waals surface area contributed by atoms with Gasteiger partial charge in [0.25, 0.3) is 0 Å². The first-order valence-electron chi connectivity index (χ1n) is 10.6. The number of nitrogens with zero attached hydrogens (tertiary/aromatic N) is 1. The number of fused-ring (bicyclic) bond motifs is 1. The van der Waals surface area contributed by atoms with Gasteiger partial charge in [0, 0.05) is 36.2 Å². The van der Waals surface area contributed by atoms with Crippen LogP contribution in [0.4, 0.5) is 0 Å². The molecule has 0 radical (unpaired) electrons. The van der Waals surface area contributed by atoms with Crippen molar-refractivity contribution in [3.63, 3.8) is 0 Å². The molecule has 6 nitrogen and oxygen atoms in total. The number of aryl methyl sites for hydroxylation is 1. The maximum Gasteiger partial charge on any atom is 0.246 e. The Hall–Kier alpha value is -3.28. The monoisotopic (exact) mass is 421 g/mol. The molecule has 0 saturated carbocycles. The number of likely N-dealkylation sites (tertiary alicyclic amines) is 1. The van der Waals surface area contributed by atoms with Crippen LogP contribution in [0.3, 0.4) is 0 Å². The minimum absolute atomic E-state index is 0.0474. The second-order valence-corrected chi connectivity index (χ2v) is 7.90. The summed E-state index contributed by atoms with van der Waals surface area (Å²) in [5.41, 5.74) is 2.62. The molecule has 162 valence electrons. The summed E-state index contributed by atoms with van der Waals surface area (Å²) in [7, 11) is 1.62. The summed E-state index contributed by atoms with van der Waals surface area (Å²) in [6, 6.07) is 11.2. The van der Waals surface area contributed by atoms with Gasteiger partial charge in [0.05, 0.1) is 7.11 Å². The third-order valence-electron chi connectivity index (χ3n) is 5.79. The summed E-state index contributed by atoms with van der Waals surface area (Å²) in [4.78, 5) is 27.4. The van der Waals surface area contributed by atoms with Crippen molar-refractivity contribution in [2.24, 2.45) is 5.92 Å². The molecule has 1 fully saturated rings. The molecule has 0 bridgehead atoms. The molecule has 0 N–H and O–H groups in total. The fourth-order valence-electron chi connectivity index (χ4n) is 4.04. The number of hydrogen-bond donors (Lipinski definition) is 0. The van der Waals surface area contributed by atoms with E-state index in [1.807, 2.05) is 25.1 Å². The minimum atomic E-state index is -0.0903. The number of hydrogen-bond acceptors (Lipinski definition) is 5. The number of ketones is 1. The number of carbonyl (C=O) groups is 2. The fraction of sp³-hybridized carbons (Fsp3) is 0.360. The van der Waals surface area contributed by atoms with Crippen molar-refractivity contribution in [1.82, 2.24) is 4.90 Å². The molecule has 2 aromatic carbocycles. The number of rotatable bonds is 5. The first kappa shape index (κ1) is 21.0. The van der Waals surface area contributed by atoms with Crippen LogP contribution in [0.1, 0.15) is 34.3 Å². The Morgan fingerprint density at radius 2 is 1.77 bits per heavy atom. The predicted octanol–water partition coefficient (Wildman–Crippen LogP) is 3.91. The van der Waals surface area contributed by atoms with Crippen LogP contribution >= 0.6 is 0 Å². The molecule has 2 aliphatic heterocycles. The first-order chi connectivity index (χ1) is 15.0. The van der Waals surface area contributed by atoms with Crippen LogP contribution in [0.15, 0.2) is 42.5 Å². The average Bonchev–Trinajstić information content (AvgIpc) is 2.82. The number of piperidine rings is 1. The van der Waals surface area contributed by atoms with Crippen molar-refractivity contribution in [2.75, 3.05) is 33.4 Å². The van der Waals surface area contributed by atoms with Crippen molar-refractivity contribution in [2.45, 2.75) is 19.8 Å². The third kappa shape index (κ3) is 4.74. The topological polar surface area (TPSA) is 65.1 Å². The Morgan fingerprint density at radius 3 is 2.52 bits per heavy atom. The normalized spacial score (nSPS) is 16.4. The third-order valence-corrected chi connectivity index (χ3v) is 5.79. The fourth-order valence-corrected chi connectivity index (χ4v) is 4.04. The van der Waals surface area contributed by atoms with E-state index in [-0.39, 0.29) is 17.6 Å². The van der Waals surface area contributed by atoms with Gasteiger partial charge in [0.1, 0.15) is 19.0 Å². The zero-order valence-electron chi connectivity index (χ0n) is 17.9. The Balaban J connectivity index is 1.35. The number of carbonyl (C=O) groups excluding carboxylic acids is 2. The van der Waals surface area contributed by atoms with Crippen molar-refractivity contribution < 1.29 is 23.8 Å². The van der Waals surface area contributed by atoms with Crippen LogP contribution in [0, 0.1) is 12.8 Å². The lowest BCUT2D eigenvalue weighted by Gasteiger charge is -2.30. The minimum Gasteiger partial charge on any atom is -0.496 e. The highest BCUT2D eigenvalue weighted by Crippen LogP contribution is 2.32. The molecule has 1 saturated heterocycles. The molecule has 0 aliphatic carbocycles. The van der Waals surface area contributed by atoms with Crippen molar-refractivity contribution >= 4 is 17.8 Å². The Kier molecular flexibility index (Phi) is 6.26. The number of ether oxygens (including phenoxy) is 3. The van der Waals surface area contributed by atoms with Crippen molar-refractivity contribution in [3.05, 3.63) is 59.2 Å². The second kappa shape index (κ2) is 9.25. The maximum atomic E-state index is 12.9. The lowest BCUT2D eigenvalue weighted by Crippen LogP contribution is -2.39. The summed E-state index contributed by atoms with van der Waals surface area (Å²) in [6.07, 6.45) is 4.68. The van der Waals surface area contributed by atoms with Crippen LogP contribution in [0.25, 0.3) is 6.08 Å². The highest BCUT2D eigenvalue weighted by atomic mass is 16.6. The molecule has 31 heavy (non-hydrogen) atoms. The zero-order valence-corrected chi connectivity index (χ0v) is 17.9. The van der Waals surface area contributed by atoms with Gasteiger partial charge in [-0.2, -0.15) is 0 Å². The summed E-state index contributed by atoms with van der Waals surface area (Å²) < 4.78 is 16.5. The van der Waals surface area contributed by atoms with E-state index in [4.69, 9.17) is 14.2 Å². The van der Waals surface area contributed by atoms with Gasteiger partial charge in [0.15, 0.2) is 17.3 Å². The van der Waals surface area contributed by atoms with Crippen LogP contribution in [0.2, 0.25) is 0 Å². The Bertz CT molecular complexity index is 1000. The molecule has 0 spiro atoms. The smallest absolute Gasteiger partial charge is 0.246 e. The Morgan fingerprint density at radius 1 is 1.03 bits per heavy atom. The van der Waals surface area contributed by atoms with E-state index in [2.05, 4.69) is 0 Å². The molecular formula is C25H27NO5. The molecular weight excluding hydrogens is 394 g/mol. The molecule has 0 unspecified atom stereocenters. The van der Waals surface area contributed by atoms with E-state index < -0.39 is 0 Å². The standard InChI is InChI=1S/C25H27NO5/c1-17-3-6-21(29-2)19(15-17)5-8-24(27)26-11-9-18(10-12-26)25(28)20-4-7-22-23(16-20)31-14-13-30-22/h3-8,15-16,18H,9-14H2,1-2H3. The highest BCUT2D eigenvalue weighted by Gasteiger charge is 2.28. The highest BCUT2D eigenvalue weighted by molar-refractivity contribution is 5.99. The molecule has 2 heterocycles. The first-order valence-corrected chi connectivity index (χ1v) is 10.6. The van der Waals surface area contributed by atoms with Gasteiger partial charge in [-0.1, -0.05) is 11.6 Å². The largest absolute Gasteiger partial charge is 0.496 e. The van der Waals surface area contributed by atoms with Gasteiger partial charge in [-0.3, -0.25) is 9.59 Å². The zero-order chi connectivity index (χ0) is 21.8. The van der Waals surface area contributed by atoms with Crippen LogP contribution in [0.5, 0.6) is 17.2 Å². The average molecular weight is 421 g/mol. The number of amides is 1. The maximum absolute atomic E-state index is 12.9. The summed E-state index contributed by atoms with van der Waals surface area (Å²) in [6.45, 7) is 4.15. The van der Waals surface area contributed by atoms with Gasteiger partial charge in [-0.25, -0.2) is 0 Å². The van der Waals surface area contributed by atoms with Crippen LogP contribution in [-0.4, -0.2) is 50.0 Å². The lowest BCUT2D eigenvalue weighted by molar-refractivity contribution is -0.127. The van der Waals surface area contributed by atoms with Crippen molar-refractivity contribution in [1.29, 1.82) is 0 Å². The van der Waals surface area contributed by atoms with Crippen LogP contribution in [-0.2, 0) is 4.79 Å². The SMILES string of the molecule is COc1ccc(C)cc1C=CC(=O)N1CCC(C(=O)c2ccc3c(c2)OCCO3)CC1. The Labute approximate surface area is 182 Å². The molecule has 2 aromatic rings. The van der Waals surface area contributed by atoms with Gasteiger partial charge < -0.3 is 19.1 Å². The molecule has 4 rings (SSSR count). The molecule has 6 heteroatoms. The molecule has 2 aliphatic rings. The second-order valence-electron chi connectivity index (χ2n) is 7.90. The van der Waals surface area contributed by atoms with E-state index in [1.54, 1.807) is 42.4 Å². The van der Waals surface area contributed by atoms with E-state index >= 15 is 0 Å². The van der Waals surface area contributed by atoms with Crippen LogP contribution < -0.4 is 14.2 Å². The summed E-state index contributed by atoms with van der Waals surface area (Å²) in [5.74, 6) is 2.01. The van der Waals surface area contributed by atoms with Gasteiger partial charge in [0.2, 0.25) is 5.91 Å². The van der Waals surface area contributed by atoms with E-state index in [1.165, 1.54) is 0 Å². The number of Topliss-reactive ketones (excluding diaryl/α,β-unsaturated/α-hetero) is 1. The van der Waals surface area contributed by atoms with E-state index in [9.17, 15) is 9.59 Å².